The van der Waals surface area contributed by atoms with Crippen LogP contribution in [-0.4, -0.2) is 32.0 Å². The Hall–Kier alpha value is -2.96. The van der Waals surface area contributed by atoms with Gasteiger partial charge in [-0.05, 0) is 48.6 Å². The van der Waals surface area contributed by atoms with Crippen LogP contribution >= 0.6 is 0 Å². The molecule has 0 aromatic heterocycles. The lowest BCUT2D eigenvalue weighted by molar-refractivity contribution is -0.121. The smallest absolute Gasteiger partial charge is 0.222 e. The maximum atomic E-state index is 14.2. The zero-order valence-electron chi connectivity index (χ0n) is 16.4. The van der Waals surface area contributed by atoms with Gasteiger partial charge in [0.05, 0.1) is 5.92 Å². The number of aliphatic imine (C=N–C) groups is 1. The molecule has 1 aliphatic rings. The summed E-state index contributed by atoms with van der Waals surface area (Å²) in [5, 5.41) is 6.35. The Morgan fingerprint density at radius 2 is 1.83 bits per heavy atom. The van der Waals surface area contributed by atoms with E-state index in [2.05, 4.69) is 15.6 Å². The molecule has 0 heterocycles. The number of nitrogens with zero attached hydrogens (tertiary/aromatic N) is 1. The van der Waals surface area contributed by atoms with Crippen molar-refractivity contribution in [2.45, 2.75) is 24.7 Å². The Balaban J connectivity index is 1.56. The predicted molar refractivity (Wildman–Crippen MR) is 109 cm³/mol. The average Bonchev–Trinajstić information content (AvgIpc) is 3.49. The highest BCUT2D eigenvalue weighted by Gasteiger charge is 2.45. The topological polar surface area (TPSA) is 79.5 Å². The van der Waals surface area contributed by atoms with Crippen molar-refractivity contribution in [2.75, 3.05) is 20.1 Å². The molecule has 0 spiro atoms. The maximum Gasteiger partial charge on any atom is 0.222 e. The van der Waals surface area contributed by atoms with Crippen LogP contribution in [0.5, 0.6) is 0 Å². The molecule has 1 unspecified atom stereocenters. The van der Waals surface area contributed by atoms with Crippen molar-refractivity contribution in [3.63, 3.8) is 0 Å². The van der Waals surface area contributed by atoms with Crippen molar-refractivity contribution < 1.29 is 13.6 Å². The summed E-state index contributed by atoms with van der Waals surface area (Å²) in [5.41, 5.74) is 6.86. The van der Waals surface area contributed by atoms with Gasteiger partial charge in [-0.3, -0.25) is 9.79 Å². The number of halogens is 2. The molecule has 0 saturated heterocycles. The molecule has 4 N–H and O–H groups in total. The quantitative estimate of drug-likeness (QED) is 0.471. The molecule has 1 amide bonds. The van der Waals surface area contributed by atoms with E-state index in [1.54, 1.807) is 25.2 Å². The minimum absolute atomic E-state index is 0.192. The molecular formula is C22H26F2N4O. The Labute approximate surface area is 169 Å². The van der Waals surface area contributed by atoms with Crippen molar-refractivity contribution in [1.29, 1.82) is 0 Å². The van der Waals surface area contributed by atoms with Gasteiger partial charge in [0.2, 0.25) is 5.91 Å². The van der Waals surface area contributed by atoms with Gasteiger partial charge >= 0.3 is 0 Å². The molecule has 1 fully saturated rings. The molecular weight excluding hydrogens is 374 g/mol. The number of nitrogens with two attached hydrogens (primary N) is 1. The lowest BCUT2D eigenvalue weighted by atomic mass is 9.95. The van der Waals surface area contributed by atoms with Gasteiger partial charge in [0.25, 0.3) is 0 Å². The fourth-order valence-electron chi connectivity index (χ4n) is 3.46. The molecule has 0 aliphatic heterocycles. The predicted octanol–water partition coefficient (Wildman–Crippen LogP) is 2.51. The summed E-state index contributed by atoms with van der Waals surface area (Å²) in [7, 11) is 1.64. The number of carbonyl (C=O) groups excluding carboxylic acids is 1. The zero-order chi connectivity index (χ0) is 20.9. The number of rotatable bonds is 8. The van der Waals surface area contributed by atoms with Gasteiger partial charge in [0.1, 0.15) is 11.6 Å². The monoisotopic (exact) mass is 400 g/mol. The van der Waals surface area contributed by atoms with Crippen LogP contribution in [0.4, 0.5) is 8.78 Å². The van der Waals surface area contributed by atoms with E-state index >= 15 is 0 Å². The van der Waals surface area contributed by atoms with Crippen molar-refractivity contribution in [1.82, 2.24) is 10.6 Å². The number of nitrogens with one attached hydrogen (secondary N) is 2. The van der Waals surface area contributed by atoms with Gasteiger partial charge < -0.3 is 16.4 Å². The molecule has 1 atom stereocenters. The highest BCUT2D eigenvalue weighted by atomic mass is 19.1. The number of carbonyl (C=O) groups is 1. The lowest BCUT2D eigenvalue weighted by Crippen LogP contribution is -2.45. The summed E-state index contributed by atoms with van der Waals surface area (Å²) in [6, 6.07) is 12.8. The van der Waals surface area contributed by atoms with Crippen LogP contribution in [0.3, 0.4) is 0 Å². The van der Waals surface area contributed by atoms with Crippen LogP contribution in [0.2, 0.25) is 0 Å². The third-order valence-corrected chi connectivity index (χ3v) is 5.43. The van der Waals surface area contributed by atoms with Gasteiger partial charge in [-0.1, -0.05) is 30.3 Å². The number of amides is 1. The number of hydrogen-bond donors (Lipinski definition) is 3. The molecule has 154 valence electrons. The minimum atomic E-state index is -0.472. The highest BCUT2D eigenvalue weighted by molar-refractivity contribution is 5.82. The zero-order valence-corrected chi connectivity index (χ0v) is 16.4. The molecule has 0 bridgehead atoms. The summed E-state index contributed by atoms with van der Waals surface area (Å²) in [6.45, 7) is 0.839. The number of hydrogen-bond acceptors (Lipinski definition) is 2. The maximum absolute atomic E-state index is 14.2. The first-order valence-corrected chi connectivity index (χ1v) is 9.67. The van der Waals surface area contributed by atoms with Crippen LogP contribution in [0.15, 0.2) is 53.5 Å². The fourth-order valence-corrected chi connectivity index (χ4v) is 3.46. The van der Waals surface area contributed by atoms with E-state index < -0.39 is 11.8 Å². The van der Waals surface area contributed by atoms with E-state index in [0.29, 0.717) is 31.0 Å². The number of primary amides is 1. The Morgan fingerprint density at radius 1 is 1.14 bits per heavy atom. The third kappa shape index (κ3) is 5.31. The standard InChI is InChI=1S/C22H26F2N4O/c1-26-21(28-14-22(10-11-22)18-4-2-3-5-19(18)24)27-13-16(20(25)29)12-15-6-8-17(23)9-7-15/h2-9,16H,10-14H2,1H3,(H2,25,29)(H2,26,27,28). The minimum Gasteiger partial charge on any atom is -0.369 e. The first-order valence-electron chi connectivity index (χ1n) is 9.67. The average molecular weight is 400 g/mol. The van der Waals surface area contributed by atoms with Crippen LogP contribution in [0, 0.1) is 17.6 Å². The van der Waals surface area contributed by atoms with Crippen LogP contribution < -0.4 is 16.4 Å². The second kappa shape index (κ2) is 9.03. The van der Waals surface area contributed by atoms with E-state index in [4.69, 9.17) is 5.73 Å². The van der Waals surface area contributed by atoms with Crippen LogP contribution in [0.1, 0.15) is 24.0 Å². The summed E-state index contributed by atoms with van der Waals surface area (Å²) in [6.07, 6.45) is 2.22. The summed E-state index contributed by atoms with van der Waals surface area (Å²) in [4.78, 5) is 16.0. The van der Waals surface area contributed by atoms with Crippen molar-refractivity contribution in [3.8, 4) is 0 Å². The van der Waals surface area contributed by atoms with Gasteiger partial charge in [0, 0.05) is 25.6 Å². The molecule has 29 heavy (non-hydrogen) atoms. The van der Waals surface area contributed by atoms with E-state index in [-0.39, 0.29) is 17.0 Å². The number of guanidine groups is 1. The SMILES string of the molecule is CN=C(NCC(Cc1ccc(F)cc1)C(N)=O)NCC1(c2ccccc2F)CC1. The molecule has 1 saturated carbocycles. The van der Waals surface area contributed by atoms with Gasteiger partial charge in [-0.25, -0.2) is 8.78 Å². The number of benzene rings is 2. The molecule has 3 rings (SSSR count). The Bertz CT molecular complexity index is 879. The van der Waals surface area contributed by atoms with E-state index in [1.165, 1.54) is 18.2 Å². The first kappa shape index (κ1) is 20.8. The lowest BCUT2D eigenvalue weighted by Gasteiger charge is -2.21. The summed E-state index contributed by atoms with van der Waals surface area (Å²) in [5.74, 6) is -0.903. The van der Waals surface area contributed by atoms with Crippen molar-refractivity contribution in [2.24, 2.45) is 16.6 Å². The summed E-state index contributed by atoms with van der Waals surface area (Å²) < 4.78 is 27.2. The highest BCUT2D eigenvalue weighted by Crippen LogP contribution is 2.48. The van der Waals surface area contributed by atoms with Crippen molar-refractivity contribution >= 4 is 11.9 Å². The Morgan fingerprint density at radius 3 is 2.41 bits per heavy atom. The second-order valence-electron chi connectivity index (χ2n) is 7.50. The molecule has 5 nitrogen and oxygen atoms in total. The molecule has 2 aromatic carbocycles. The van der Waals surface area contributed by atoms with Gasteiger partial charge in [0.15, 0.2) is 5.96 Å². The third-order valence-electron chi connectivity index (χ3n) is 5.43. The van der Waals surface area contributed by atoms with E-state index in [0.717, 1.165) is 18.4 Å². The van der Waals surface area contributed by atoms with Crippen molar-refractivity contribution in [3.05, 3.63) is 71.3 Å². The Kier molecular flexibility index (Phi) is 6.46. The van der Waals surface area contributed by atoms with Gasteiger partial charge in [-0.2, -0.15) is 0 Å². The summed E-state index contributed by atoms with van der Waals surface area (Å²) >= 11 is 0. The van der Waals surface area contributed by atoms with Crippen LogP contribution in [0.25, 0.3) is 0 Å². The second-order valence-corrected chi connectivity index (χ2v) is 7.50. The molecule has 7 heteroatoms. The molecule has 1 aliphatic carbocycles. The van der Waals surface area contributed by atoms with E-state index in [9.17, 15) is 13.6 Å². The fraction of sp³-hybridized carbons (Fsp3) is 0.364. The first-order chi connectivity index (χ1) is 13.9. The van der Waals surface area contributed by atoms with Gasteiger partial charge in [-0.15, -0.1) is 0 Å². The normalized spacial score (nSPS) is 16.2. The van der Waals surface area contributed by atoms with E-state index in [1.807, 2.05) is 12.1 Å². The largest absolute Gasteiger partial charge is 0.369 e. The van der Waals surface area contributed by atoms with Crippen LogP contribution in [-0.2, 0) is 16.6 Å². The molecule has 2 aromatic rings. The molecule has 0 radical (unpaired) electrons.